The first-order valence-electron chi connectivity index (χ1n) is 7.48. The molecule has 0 fully saturated rings. The molecule has 1 aliphatic rings. The maximum absolute atomic E-state index is 12.6. The number of carbonyl (C=O) groups is 1. The average molecular weight is 301 g/mol. The summed E-state index contributed by atoms with van der Waals surface area (Å²) in [6.07, 6.45) is 0. The van der Waals surface area contributed by atoms with Crippen LogP contribution in [0.25, 0.3) is 11.1 Å². The Bertz CT molecular complexity index is 887. The highest BCUT2D eigenvalue weighted by molar-refractivity contribution is 6.09. The molecule has 0 spiro atoms. The second kappa shape index (κ2) is 5.29. The van der Waals surface area contributed by atoms with Gasteiger partial charge in [-0.1, -0.05) is 48.5 Å². The summed E-state index contributed by atoms with van der Waals surface area (Å²) in [4.78, 5) is 14.2. The van der Waals surface area contributed by atoms with E-state index >= 15 is 0 Å². The molecule has 23 heavy (non-hydrogen) atoms. The molecule has 3 aromatic carbocycles. The Balaban J connectivity index is 1.87. The average Bonchev–Trinajstić information content (AvgIpc) is 2.71. The van der Waals surface area contributed by atoms with Crippen molar-refractivity contribution < 1.29 is 9.53 Å². The molecule has 1 aliphatic heterocycles. The van der Waals surface area contributed by atoms with Crippen LogP contribution < -0.4 is 9.64 Å². The van der Waals surface area contributed by atoms with Crippen molar-refractivity contribution in [3.63, 3.8) is 0 Å². The van der Waals surface area contributed by atoms with Crippen LogP contribution in [0.2, 0.25) is 0 Å². The molecule has 0 aliphatic carbocycles. The Labute approximate surface area is 134 Å². The maximum Gasteiger partial charge on any atom is 0.261 e. The van der Waals surface area contributed by atoms with Crippen LogP contribution in [0.1, 0.15) is 10.4 Å². The highest BCUT2D eigenvalue weighted by Gasteiger charge is 2.25. The van der Waals surface area contributed by atoms with Crippen molar-refractivity contribution in [3.05, 3.63) is 78.4 Å². The fraction of sp³-hybridized carbons (Fsp3) is 0.0500. The highest BCUT2D eigenvalue weighted by atomic mass is 16.5. The first kappa shape index (κ1) is 13.6. The van der Waals surface area contributed by atoms with E-state index in [1.165, 1.54) is 0 Å². The molecule has 0 unspecified atom stereocenters. The molecule has 0 N–H and O–H groups in total. The van der Waals surface area contributed by atoms with Gasteiger partial charge in [0.05, 0.1) is 11.3 Å². The summed E-state index contributed by atoms with van der Waals surface area (Å²) in [5.74, 6) is 1.22. The zero-order valence-electron chi connectivity index (χ0n) is 12.7. The minimum Gasteiger partial charge on any atom is -0.454 e. The highest BCUT2D eigenvalue weighted by Crippen LogP contribution is 2.40. The number of rotatable bonds is 1. The number of hydrogen-bond donors (Lipinski definition) is 0. The molecule has 4 rings (SSSR count). The number of ether oxygens (including phenoxy) is 1. The van der Waals surface area contributed by atoms with Gasteiger partial charge in [0.1, 0.15) is 5.75 Å². The Kier molecular flexibility index (Phi) is 3.12. The minimum atomic E-state index is -0.0631. The molecule has 0 bridgehead atoms. The van der Waals surface area contributed by atoms with Crippen molar-refractivity contribution in [1.82, 2.24) is 0 Å². The summed E-state index contributed by atoms with van der Waals surface area (Å²) in [7, 11) is 1.77. The predicted molar refractivity (Wildman–Crippen MR) is 91.1 cm³/mol. The molecule has 0 saturated heterocycles. The second-order valence-corrected chi connectivity index (χ2v) is 5.51. The molecule has 112 valence electrons. The normalized spacial score (nSPS) is 12.9. The van der Waals surface area contributed by atoms with Crippen LogP contribution in [0.4, 0.5) is 5.69 Å². The molecule has 0 saturated carbocycles. The Morgan fingerprint density at radius 2 is 1.52 bits per heavy atom. The number of benzene rings is 3. The fourth-order valence-corrected chi connectivity index (χ4v) is 2.82. The number of para-hydroxylation sites is 1. The standard InChI is InChI=1S/C20H15NO2/c1-21-17-12-11-15(14-7-3-2-4-8-14)13-19(17)23-18-10-6-5-9-16(18)20(21)22/h2-13H,1H3. The predicted octanol–water partition coefficient (Wildman–Crippen LogP) is 4.74. The van der Waals surface area contributed by atoms with Crippen LogP contribution in [0.3, 0.4) is 0 Å². The molecular formula is C20H15NO2. The summed E-state index contributed by atoms with van der Waals surface area (Å²) in [6, 6.07) is 23.4. The monoisotopic (exact) mass is 301 g/mol. The summed E-state index contributed by atoms with van der Waals surface area (Å²) in [5, 5.41) is 0. The molecule has 3 aromatic rings. The van der Waals surface area contributed by atoms with E-state index in [1.54, 1.807) is 18.0 Å². The summed E-state index contributed by atoms with van der Waals surface area (Å²) in [6.45, 7) is 0. The van der Waals surface area contributed by atoms with Gasteiger partial charge < -0.3 is 9.64 Å². The third-order valence-corrected chi connectivity index (χ3v) is 4.07. The SMILES string of the molecule is CN1C(=O)c2ccccc2Oc2cc(-c3ccccc3)ccc21. The lowest BCUT2D eigenvalue weighted by Gasteiger charge is -2.17. The number of amides is 1. The van der Waals surface area contributed by atoms with E-state index in [0.717, 1.165) is 16.8 Å². The van der Waals surface area contributed by atoms with E-state index in [0.29, 0.717) is 17.1 Å². The van der Waals surface area contributed by atoms with Crippen molar-refractivity contribution in [2.45, 2.75) is 0 Å². The topological polar surface area (TPSA) is 29.5 Å². The van der Waals surface area contributed by atoms with Gasteiger partial charge in [-0.15, -0.1) is 0 Å². The molecule has 0 radical (unpaired) electrons. The fourth-order valence-electron chi connectivity index (χ4n) is 2.82. The third-order valence-electron chi connectivity index (χ3n) is 4.07. The zero-order chi connectivity index (χ0) is 15.8. The lowest BCUT2D eigenvalue weighted by Crippen LogP contribution is -2.25. The second-order valence-electron chi connectivity index (χ2n) is 5.51. The van der Waals surface area contributed by atoms with E-state index in [4.69, 9.17) is 4.74 Å². The third kappa shape index (κ3) is 2.27. The number of anilines is 1. The smallest absolute Gasteiger partial charge is 0.261 e. The van der Waals surface area contributed by atoms with E-state index in [2.05, 4.69) is 12.1 Å². The van der Waals surface area contributed by atoms with Crippen molar-refractivity contribution in [3.8, 4) is 22.6 Å². The van der Waals surface area contributed by atoms with Gasteiger partial charge in [0.25, 0.3) is 5.91 Å². The molecule has 1 heterocycles. The van der Waals surface area contributed by atoms with E-state index < -0.39 is 0 Å². The van der Waals surface area contributed by atoms with E-state index in [-0.39, 0.29) is 5.91 Å². The van der Waals surface area contributed by atoms with E-state index in [9.17, 15) is 4.79 Å². The van der Waals surface area contributed by atoms with Crippen molar-refractivity contribution in [2.75, 3.05) is 11.9 Å². The minimum absolute atomic E-state index is 0.0631. The van der Waals surface area contributed by atoms with Gasteiger partial charge in [0.2, 0.25) is 0 Å². The van der Waals surface area contributed by atoms with Crippen molar-refractivity contribution in [1.29, 1.82) is 0 Å². The molecule has 3 nitrogen and oxygen atoms in total. The number of hydrogen-bond acceptors (Lipinski definition) is 2. The summed E-state index contributed by atoms with van der Waals surface area (Å²) >= 11 is 0. The summed E-state index contributed by atoms with van der Waals surface area (Å²) in [5.41, 5.74) is 3.52. The molecule has 0 aromatic heterocycles. The quantitative estimate of drug-likeness (QED) is 0.650. The number of carbonyl (C=O) groups excluding carboxylic acids is 1. The molecule has 1 amide bonds. The molecule has 0 atom stereocenters. The van der Waals surface area contributed by atoms with Crippen molar-refractivity contribution in [2.24, 2.45) is 0 Å². The molecular weight excluding hydrogens is 286 g/mol. The van der Waals surface area contributed by atoms with Crippen LogP contribution >= 0.6 is 0 Å². The Hall–Kier alpha value is -3.07. The van der Waals surface area contributed by atoms with Crippen molar-refractivity contribution >= 4 is 11.6 Å². The van der Waals surface area contributed by atoms with Gasteiger partial charge in [-0.25, -0.2) is 0 Å². The van der Waals surface area contributed by atoms with Gasteiger partial charge in [-0.05, 0) is 35.4 Å². The van der Waals surface area contributed by atoms with Crippen LogP contribution in [-0.4, -0.2) is 13.0 Å². The maximum atomic E-state index is 12.6. The Morgan fingerprint density at radius 3 is 2.35 bits per heavy atom. The number of nitrogens with zero attached hydrogens (tertiary/aromatic N) is 1. The zero-order valence-corrected chi connectivity index (χ0v) is 12.7. The largest absolute Gasteiger partial charge is 0.454 e. The first-order chi connectivity index (χ1) is 11.2. The van der Waals surface area contributed by atoms with Crippen LogP contribution in [0.15, 0.2) is 72.8 Å². The van der Waals surface area contributed by atoms with Gasteiger partial charge in [0.15, 0.2) is 5.75 Å². The van der Waals surface area contributed by atoms with Gasteiger partial charge in [0, 0.05) is 7.05 Å². The summed E-state index contributed by atoms with van der Waals surface area (Å²) < 4.78 is 6.04. The first-order valence-corrected chi connectivity index (χ1v) is 7.48. The lowest BCUT2D eigenvalue weighted by atomic mass is 10.0. The molecule has 3 heteroatoms. The van der Waals surface area contributed by atoms with Crippen LogP contribution in [0, 0.1) is 0 Å². The van der Waals surface area contributed by atoms with Gasteiger partial charge in [-0.2, -0.15) is 0 Å². The Morgan fingerprint density at radius 1 is 0.783 bits per heavy atom. The van der Waals surface area contributed by atoms with Crippen LogP contribution in [0.5, 0.6) is 11.5 Å². The van der Waals surface area contributed by atoms with Gasteiger partial charge >= 0.3 is 0 Å². The van der Waals surface area contributed by atoms with Gasteiger partial charge in [-0.3, -0.25) is 4.79 Å². The van der Waals surface area contributed by atoms with E-state index in [1.807, 2.05) is 54.6 Å². The number of fused-ring (bicyclic) bond motifs is 2. The van der Waals surface area contributed by atoms with Crippen LogP contribution in [-0.2, 0) is 0 Å². The lowest BCUT2D eigenvalue weighted by molar-refractivity contribution is 0.0993.